The van der Waals surface area contributed by atoms with E-state index in [0.29, 0.717) is 11.5 Å². The molecule has 0 bridgehead atoms. The van der Waals surface area contributed by atoms with Gasteiger partial charge >= 0.3 is 0 Å². The van der Waals surface area contributed by atoms with Crippen LogP contribution in [0, 0.1) is 11.3 Å². The minimum absolute atomic E-state index is 0.627. The van der Waals surface area contributed by atoms with Crippen molar-refractivity contribution in [3.05, 3.63) is 0 Å². The quantitative estimate of drug-likeness (QED) is 0.813. The fourth-order valence-corrected chi connectivity index (χ4v) is 3.63. The molecule has 1 saturated carbocycles. The summed E-state index contributed by atoms with van der Waals surface area (Å²) in [6.45, 7) is 18.5. The number of nitrogens with zero attached hydrogens (tertiary/aromatic N) is 2. The van der Waals surface area contributed by atoms with Crippen molar-refractivity contribution in [3.8, 4) is 0 Å². The molecule has 1 N–H and O–H groups in total. The van der Waals surface area contributed by atoms with Crippen LogP contribution < -0.4 is 5.32 Å². The van der Waals surface area contributed by atoms with Gasteiger partial charge in [0.25, 0.3) is 0 Å². The molecule has 1 aliphatic carbocycles. The summed E-state index contributed by atoms with van der Waals surface area (Å²) in [5.41, 5.74) is 0.627. The number of rotatable bonds is 6. The van der Waals surface area contributed by atoms with Gasteiger partial charge in [-0.05, 0) is 58.0 Å². The Balaban J connectivity index is 0.00000106. The van der Waals surface area contributed by atoms with Gasteiger partial charge in [-0.15, -0.1) is 0 Å². The first-order chi connectivity index (χ1) is 9.98. The van der Waals surface area contributed by atoms with E-state index in [-0.39, 0.29) is 0 Å². The van der Waals surface area contributed by atoms with E-state index in [9.17, 15) is 0 Å². The molecule has 0 unspecified atom stereocenters. The highest BCUT2D eigenvalue weighted by Crippen LogP contribution is 2.48. The van der Waals surface area contributed by atoms with Crippen molar-refractivity contribution in [2.45, 2.75) is 59.9 Å². The number of nitrogens with one attached hydrogen (secondary N) is 1. The fraction of sp³-hybridized carbons (Fsp3) is 1.00. The second-order valence-electron chi connectivity index (χ2n) is 7.46. The van der Waals surface area contributed by atoms with Crippen LogP contribution in [0.3, 0.4) is 0 Å². The molecule has 0 spiro atoms. The van der Waals surface area contributed by atoms with Crippen molar-refractivity contribution in [3.63, 3.8) is 0 Å². The van der Waals surface area contributed by atoms with Crippen molar-refractivity contribution >= 4 is 0 Å². The SMILES string of the molecule is CC.CC(C)N(C)CCC1(C)CC(CN2CCNCC2)C1. The normalized spacial score (nSPS) is 30.0. The zero-order valence-corrected chi connectivity index (χ0v) is 15.4. The highest BCUT2D eigenvalue weighted by atomic mass is 15.2. The molecule has 0 aromatic carbocycles. The molecule has 3 heteroatoms. The van der Waals surface area contributed by atoms with Crippen LogP contribution in [0.2, 0.25) is 0 Å². The molecule has 1 heterocycles. The second-order valence-corrected chi connectivity index (χ2v) is 7.46. The lowest BCUT2D eigenvalue weighted by molar-refractivity contribution is 0.0258. The van der Waals surface area contributed by atoms with Gasteiger partial charge in [0.1, 0.15) is 0 Å². The van der Waals surface area contributed by atoms with Crippen LogP contribution >= 0.6 is 0 Å². The molecule has 0 radical (unpaired) electrons. The van der Waals surface area contributed by atoms with Crippen LogP contribution in [0.1, 0.15) is 53.9 Å². The Labute approximate surface area is 133 Å². The molecular weight excluding hydrogens is 258 g/mol. The van der Waals surface area contributed by atoms with Crippen molar-refractivity contribution in [1.82, 2.24) is 15.1 Å². The number of piperazine rings is 1. The maximum Gasteiger partial charge on any atom is 0.0107 e. The predicted molar refractivity (Wildman–Crippen MR) is 93.9 cm³/mol. The maximum absolute atomic E-state index is 3.44. The summed E-state index contributed by atoms with van der Waals surface area (Å²) in [4.78, 5) is 5.13. The van der Waals surface area contributed by atoms with Gasteiger partial charge in [-0.3, -0.25) is 0 Å². The van der Waals surface area contributed by atoms with E-state index in [2.05, 4.69) is 42.9 Å². The third-order valence-corrected chi connectivity index (χ3v) is 5.24. The topological polar surface area (TPSA) is 18.5 Å². The summed E-state index contributed by atoms with van der Waals surface area (Å²) in [6, 6.07) is 0.681. The standard InChI is InChI=1S/C16H33N3.C2H6/c1-14(2)18(4)8-5-16(3)11-15(12-16)13-19-9-6-17-7-10-19;1-2/h14-15,17H,5-13H2,1-4H3;1-2H3. The van der Waals surface area contributed by atoms with Gasteiger partial charge in [0.05, 0.1) is 0 Å². The molecule has 0 amide bonds. The average Bonchev–Trinajstić information content (AvgIpc) is 2.46. The summed E-state index contributed by atoms with van der Waals surface area (Å²) in [6.07, 6.45) is 4.27. The lowest BCUT2D eigenvalue weighted by atomic mass is 9.61. The average molecular weight is 298 g/mol. The molecule has 126 valence electrons. The zero-order chi connectivity index (χ0) is 15.9. The van der Waals surface area contributed by atoms with E-state index in [0.717, 1.165) is 5.92 Å². The molecule has 21 heavy (non-hydrogen) atoms. The van der Waals surface area contributed by atoms with Gasteiger partial charge in [-0.1, -0.05) is 20.8 Å². The van der Waals surface area contributed by atoms with Gasteiger partial charge in [-0.25, -0.2) is 0 Å². The molecule has 2 fully saturated rings. The van der Waals surface area contributed by atoms with Crippen LogP contribution in [0.15, 0.2) is 0 Å². The van der Waals surface area contributed by atoms with Crippen LogP contribution in [0.5, 0.6) is 0 Å². The molecule has 0 aromatic rings. The van der Waals surface area contributed by atoms with Gasteiger partial charge in [0, 0.05) is 38.8 Å². The summed E-state index contributed by atoms with van der Waals surface area (Å²) in [5, 5.41) is 3.44. The van der Waals surface area contributed by atoms with Crippen molar-refractivity contribution in [1.29, 1.82) is 0 Å². The first-order valence-corrected chi connectivity index (χ1v) is 9.12. The van der Waals surface area contributed by atoms with E-state index < -0.39 is 0 Å². The van der Waals surface area contributed by atoms with Crippen molar-refractivity contribution in [2.75, 3.05) is 46.3 Å². The molecule has 0 aromatic heterocycles. The Morgan fingerprint density at radius 3 is 2.29 bits per heavy atom. The largest absolute Gasteiger partial charge is 0.314 e. The Morgan fingerprint density at radius 2 is 1.76 bits per heavy atom. The van der Waals surface area contributed by atoms with E-state index in [4.69, 9.17) is 0 Å². The highest BCUT2D eigenvalue weighted by molar-refractivity contribution is 4.92. The van der Waals surface area contributed by atoms with Crippen LogP contribution in [0.4, 0.5) is 0 Å². The fourth-order valence-electron chi connectivity index (χ4n) is 3.63. The third kappa shape index (κ3) is 6.25. The third-order valence-electron chi connectivity index (χ3n) is 5.24. The van der Waals surface area contributed by atoms with Crippen molar-refractivity contribution < 1.29 is 0 Å². The van der Waals surface area contributed by atoms with E-state index in [1.54, 1.807) is 0 Å². The Morgan fingerprint density at radius 1 is 1.19 bits per heavy atom. The van der Waals surface area contributed by atoms with Gasteiger partial charge < -0.3 is 15.1 Å². The summed E-state index contributed by atoms with van der Waals surface area (Å²) >= 11 is 0. The Bertz CT molecular complexity index is 266. The smallest absolute Gasteiger partial charge is 0.0107 e. The monoisotopic (exact) mass is 297 g/mol. The maximum atomic E-state index is 3.44. The summed E-state index contributed by atoms with van der Waals surface area (Å²) in [5.74, 6) is 0.965. The van der Waals surface area contributed by atoms with Crippen LogP contribution in [-0.2, 0) is 0 Å². The van der Waals surface area contributed by atoms with Crippen LogP contribution in [-0.4, -0.2) is 62.2 Å². The first kappa shape index (κ1) is 18.9. The molecule has 3 nitrogen and oxygen atoms in total. The molecule has 0 atom stereocenters. The molecule has 2 aliphatic rings. The van der Waals surface area contributed by atoms with Gasteiger partial charge in [0.2, 0.25) is 0 Å². The first-order valence-electron chi connectivity index (χ1n) is 9.12. The minimum Gasteiger partial charge on any atom is -0.314 e. The summed E-state index contributed by atoms with van der Waals surface area (Å²) in [7, 11) is 2.25. The van der Waals surface area contributed by atoms with E-state index in [1.807, 2.05) is 13.8 Å². The van der Waals surface area contributed by atoms with Gasteiger partial charge in [0.15, 0.2) is 0 Å². The minimum atomic E-state index is 0.627. The van der Waals surface area contributed by atoms with Gasteiger partial charge in [-0.2, -0.15) is 0 Å². The molecular formula is C18H39N3. The summed E-state index contributed by atoms with van der Waals surface area (Å²) < 4.78 is 0. The molecule has 1 saturated heterocycles. The molecule has 1 aliphatic heterocycles. The lowest BCUT2D eigenvalue weighted by Crippen LogP contribution is -2.49. The number of hydrogen-bond acceptors (Lipinski definition) is 3. The molecule has 2 rings (SSSR count). The van der Waals surface area contributed by atoms with Crippen molar-refractivity contribution in [2.24, 2.45) is 11.3 Å². The second kappa shape index (κ2) is 9.12. The Hall–Kier alpha value is -0.120. The Kier molecular flexibility index (Phi) is 8.22. The van der Waals surface area contributed by atoms with Crippen LogP contribution in [0.25, 0.3) is 0 Å². The van der Waals surface area contributed by atoms with E-state index >= 15 is 0 Å². The highest BCUT2D eigenvalue weighted by Gasteiger charge is 2.40. The number of hydrogen-bond donors (Lipinski definition) is 1. The van der Waals surface area contributed by atoms with E-state index in [1.165, 1.54) is 58.5 Å². The lowest BCUT2D eigenvalue weighted by Gasteiger charge is -2.48. The predicted octanol–water partition coefficient (Wildman–Crippen LogP) is 3.06. The zero-order valence-electron chi connectivity index (χ0n) is 15.4.